The Balaban J connectivity index is 1.40. The van der Waals surface area contributed by atoms with Gasteiger partial charge in [-0.05, 0) is 48.4 Å². The molecular formula is C25H20ClF3N4O3S. The van der Waals surface area contributed by atoms with E-state index in [1.165, 1.54) is 42.6 Å². The number of imidazole rings is 1. The van der Waals surface area contributed by atoms with Crippen molar-refractivity contribution in [2.45, 2.75) is 17.5 Å². The molecule has 0 atom stereocenters. The second-order valence-corrected chi connectivity index (χ2v) is 10.0. The number of alkyl halides is 3. The molecule has 3 aromatic carbocycles. The first kappa shape index (κ1) is 26.2. The van der Waals surface area contributed by atoms with Gasteiger partial charge in [-0.25, -0.2) is 22.9 Å². The molecule has 0 saturated carbocycles. The molecule has 0 unspecified atom stereocenters. The van der Waals surface area contributed by atoms with Crippen LogP contribution in [0.5, 0.6) is 0 Å². The summed E-state index contributed by atoms with van der Waals surface area (Å²) in [7, 11) is -4.06. The first-order valence-electron chi connectivity index (χ1n) is 10.9. The number of nitrogens with one attached hydrogen (secondary N) is 2. The summed E-state index contributed by atoms with van der Waals surface area (Å²) in [6.07, 6.45) is -3.00. The number of nitrogens with zero attached hydrogens (tertiary/aromatic N) is 2. The van der Waals surface area contributed by atoms with Crippen molar-refractivity contribution in [2.75, 3.05) is 6.54 Å². The van der Waals surface area contributed by atoms with E-state index in [4.69, 9.17) is 11.6 Å². The molecule has 12 heteroatoms. The average Bonchev–Trinajstić information content (AvgIpc) is 3.31. The number of benzene rings is 3. The smallest absolute Gasteiger partial charge is 0.337 e. The number of carbonyl (C=O) groups excluding carboxylic acids is 1. The van der Waals surface area contributed by atoms with Gasteiger partial charge in [0.25, 0.3) is 10.0 Å². The minimum Gasteiger partial charge on any atom is -0.337 e. The fourth-order valence-corrected chi connectivity index (χ4v) is 4.55. The topological polar surface area (TPSA) is 93.1 Å². The van der Waals surface area contributed by atoms with E-state index < -0.39 is 28.1 Å². The van der Waals surface area contributed by atoms with Gasteiger partial charge in [-0.15, -0.1) is 0 Å². The lowest BCUT2D eigenvalue weighted by Crippen LogP contribution is -2.40. The van der Waals surface area contributed by atoms with Gasteiger partial charge in [0.2, 0.25) is 5.82 Å². The SMILES string of the molecule is O=C(NCCc1ccc(-n2cc(-c3ccccc3)nc2C(F)(F)F)cc1)NS(=O)(=O)c1ccc(Cl)cc1. The third-order valence-corrected chi connectivity index (χ3v) is 6.89. The van der Waals surface area contributed by atoms with Crippen LogP contribution in [-0.2, 0) is 22.6 Å². The van der Waals surface area contributed by atoms with Crippen molar-refractivity contribution < 1.29 is 26.4 Å². The van der Waals surface area contributed by atoms with Crippen molar-refractivity contribution in [1.82, 2.24) is 19.6 Å². The number of aromatic nitrogens is 2. The van der Waals surface area contributed by atoms with Crippen LogP contribution in [0.4, 0.5) is 18.0 Å². The lowest BCUT2D eigenvalue weighted by Gasteiger charge is -2.11. The van der Waals surface area contributed by atoms with E-state index >= 15 is 0 Å². The molecule has 2 N–H and O–H groups in total. The van der Waals surface area contributed by atoms with Gasteiger partial charge in [0.05, 0.1) is 10.6 Å². The van der Waals surface area contributed by atoms with Gasteiger partial charge in [0.15, 0.2) is 0 Å². The minimum absolute atomic E-state index is 0.0956. The highest BCUT2D eigenvalue weighted by atomic mass is 35.5. The van der Waals surface area contributed by atoms with Crippen molar-refractivity contribution in [2.24, 2.45) is 0 Å². The number of urea groups is 1. The molecule has 0 aliphatic rings. The highest BCUT2D eigenvalue weighted by Crippen LogP contribution is 2.33. The summed E-state index contributed by atoms with van der Waals surface area (Å²) in [5.41, 5.74) is 1.75. The highest BCUT2D eigenvalue weighted by Gasteiger charge is 2.37. The molecule has 0 aliphatic carbocycles. The minimum atomic E-state index is -4.66. The maximum atomic E-state index is 13.6. The lowest BCUT2D eigenvalue weighted by molar-refractivity contribution is -0.145. The molecule has 0 saturated heterocycles. The number of carbonyl (C=O) groups is 1. The summed E-state index contributed by atoms with van der Waals surface area (Å²) < 4.78 is 68.3. The number of amides is 2. The second kappa shape index (κ2) is 10.7. The van der Waals surface area contributed by atoms with Gasteiger partial charge in [-0.2, -0.15) is 13.2 Å². The van der Waals surface area contributed by atoms with E-state index in [0.29, 0.717) is 17.0 Å². The fourth-order valence-electron chi connectivity index (χ4n) is 3.50. The van der Waals surface area contributed by atoms with Crippen LogP contribution >= 0.6 is 11.6 Å². The number of hydrogen-bond acceptors (Lipinski definition) is 4. The maximum Gasteiger partial charge on any atom is 0.450 e. The zero-order chi connectivity index (χ0) is 26.6. The maximum absolute atomic E-state index is 13.6. The molecule has 2 amide bonds. The van der Waals surface area contributed by atoms with E-state index in [9.17, 15) is 26.4 Å². The van der Waals surface area contributed by atoms with Gasteiger partial charge < -0.3 is 5.32 Å². The van der Waals surface area contributed by atoms with E-state index in [1.54, 1.807) is 42.5 Å². The Labute approximate surface area is 216 Å². The van der Waals surface area contributed by atoms with Crippen LogP contribution in [-0.4, -0.2) is 30.5 Å². The Morgan fingerprint density at radius 3 is 2.22 bits per heavy atom. The molecule has 4 rings (SSSR count). The summed E-state index contributed by atoms with van der Waals surface area (Å²) in [5.74, 6) is -1.04. The molecule has 1 heterocycles. The van der Waals surface area contributed by atoms with Crippen LogP contribution < -0.4 is 10.0 Å². The molecule has 1 aromatic heterocycles. The van der Waals surface area contributed by atoms with Crippen LogP contribution in [0.3, 0.4) is 0 Å². The van der Waals surface area contributed by atoms with Crippen LogP contribution in [0.15, 0.2) is 90.0 Å². The molecule has 0 radical (unpaired) electrons. The van der Waals surface area contributed by atoms with Crippen molar-refractivity contribution in [3.05, 3.63) is 101 Å². The van der Waals surface area contributed by atoms with Crippen LogP contribution in [0.1, 0.15) is 11.4 Å². The zero-order valence-corrected chi connectivity index (χ0v) is 20.6. The normalized spacial score (nSPS) is 11.8. The molecular weight excluding hydrogens is 529 g/mol. The first-order chi connectivity index (χ1) is 17.5. The molecule has 4 aromatic rings. The number of sulfonamides is 1. The number of hydrogen-bond donors (Lipinski definition) is 2. The second-order valence-electron chi connectivity index (χ2n) is 7.92. The Morgan fingerprint density at radius 2 is 1.59 bits per heavy atom. The summed E-state index contributed by atoms with van der Waals surface area (Å²) in [5, 5.41) is 2.80. The molecule has 37 heavy (non-hydrogen) atoms. The van der Waals surface area contributed by atoms with Gasteiger partial charge >= 0.3 is 12.2 Å². The van der Waals surface area contributed by atoms with Gasteiger partial charge in [0, 0.05) is 29.0 Å². The third-order valence-electron chi connectivity index (χ3n) is 5.29. The Hall–Kier alpha value is -3.83. The quantitative estimate of drug-likeness (QED) is 0.321. The number of rotatable bonds is 7. The summed E-state index contributed by atoms with van der Waals surface area (Å²) in [6, 6.07) is 19.3. The molecule has 192 valence electrons. The molecule has 0 fully saturated rings. The van der Waals surface area contributed by atoms with Crippen molar-refractivity contribution >= 4 is 27.7 Å². The van der Waals surface area contributed by atoms with Gasteiger partial charge in [-0.1, -0.05) is 54.1 Å². The summed E-state index contributed by atoms with van der Waals surface area (Å²) in [4.78, 5) is 15.7. The van der Waals surface area contributed by atoms with Gasteiger partial charge in [0.1, 0.15) is 0 Å². The highest BCUT2D eigenvalue weighted by molar-refractivity contribution is 7.90. The molecule has 0 spiro atoms. The zero-order valence-electron chi connectivity index (χ0n) is 19.0. The van der Waals surface area contributed by atoms with E-state index in [-0.39, 0.29) is 22.8 Å². The summed E-state index contributed by atoms with van der Waals surface area (Å²) in [6.45, 7) is 0.0956. The van der Waals surface area contributed by atoms with E-state index in [0.717, 1.165) is 10.1 Å². The standard InChI is InChI=1S/C25H20ClF3N4O3S/c26-19-8-12-21(13-9-19)37(35,36)32-24(34)30-15-14-17-6-10-20(11-7-17)33-16-22(18-4-2-1-3-5-18)31-23(33)25(27,28)29/h1-13,16H,14-15H2,(H2,30,32,34). The van der Waals surface area contributed by atoms with Crippen LogP contribution in [0.2, 0.25) is 5.02 Å². The van der Waals surface area contributed by atoms with E-state index in [1.807, 2.05) is 4.72 Å². The lowest BCUT2D eigenvalue weighted by atomic mass is 10.1. The van der Waals surface area contributed by atoms with Crippen molar-refractivity contribution in [3.63, 3.8) is 0 Å². The Morgan fingerprint density at radius 1 is 0.946 bits per heavy atom. The first-order valence-corrected chi connectivity index (χ1v) is 12.8. The van der Waals surface area contributed by atoms with Crippen molar-refractivity contribution in [3.8, 4) is 16.9 Å². The van der Waals surface area contributed by atoms with Crippen LogP contribution in [0.25, 0.3) is 16.9 Å². The third kappa shape index (κ3) is 6.49. The molecule has 0 aliphatic heterocycles. The Bertz CT molecular complexity index is 1490. The predicted molar refractivity (Wildman–Crippen MR) is 133 cm³/mol. The fraction of sp³-hybridized carbons (Fsp3) is 0.120. The molecule has 0 bridgehead atoms. The molecule has 7 nitrogen and oxygen atoms in total. The monoisotopic (exact) mass is 548 g/mol. The largest absolute Gasteiger partial charge is 0.450 e. The van der Waals surface area contributed by atoms with E-state index in [2.05, 4.69) is 10.3 Å². The van der Waals surface area contributed by atoms with Gasteiger partial charge in [-0.3, -0.25) is 4.57 Å². The Kier molecular flexibility index (Phi) is 7.55. The van der Waals surface area contributed by atoms with Crippen molar-refractivity contribution in [1.29, 1.82) is 0 Å². The average molecular weight is 549 g/mol. The number of halogens is 4. The van der Waals surface area contributed by atoms with Crippen LogP contribution in [0, 0.1) is 0 Å². The predicted octanol–water partition coefficient (Wildman–Crippen LogP) is 5.44. The summed E-state index contributed by atoms with van der Waals surface area (Å²) >= 11 is 5.74.